The van der Waals surface area contributed by atoms with Crippen LogP contribution in [0.25, 0.3) is 33.1 Å². The maximum absolute atomic E-state index is 6.75. The molecule has 0 aliphatic rings. The molecule has 0 aliphatic carbocycles. The molecule has 1 aromatic heterocycles. The van der Waals surface area contributed by atoms with Gasteiger partial charge < -0.3 is 14.2 Å². The normalized spacial score (nSPS) is 11.2. The third-order valence-electron chi connectivity index (χ3n) is 8.25. The topological polar surface area (TPSA) is 19.6 Å². The van der Waals surface area contributed by atoms with E-state index in [1.165, 1.54) is 0 Å². The van der Waals surface area contributed by atoms with Crippen LogP contribution in [-0.4, -0.2) is 0 Å². The third-order valence-corrected chi connectivity index (χ3v) is 8.47. The number of hydrogen-bond donors (Lipinski definition) is 0. The molecule has 0 saturated carbocycles. The molecule has 4 heteroatoms. The number of para-hydroxylation sites is 4. The summed E-state index contributed by atoms with van der Waals surface area (Å²) in [7, 11) is 0. The zero-order chi connectivity index (χ0) is 30.9. The first kappa shape index (κ1) is 27.8. The average Bonchev–Trinajstić information content (AvgIpc) is 3.48. The predicted octanol–water partition coefficient (Wildman–Crippen LogP) is 12.8. The monoisotopic (exact) mass is 612 g/mol. The van der Waals surface area contributed by atoms with Crippen LogP contribution in [-0.2, 0) is 0 Å². The van der Waals surface area contributed by atoms with E-state index in [1.807, 2.05) is 36.4 Å². The maximum Gasteiger partial charge on any atom is 0.139 e. The Hall–Kier alpha value is -5.77. The van der Waals surface area contributed by atoms with Gasteiger partial charge in [0.15, 0.2) is 0 Å². The second-order valence-corrected chi connectivity index (χ2v) is 11.6. The Kier molecular flexibility index (Phi) is 7.22. The fraction of sp³-hybridized carbons (Fsp3) is 0. The quantitative estimate of drug-likeness (QED) is 0.178. The number of fused-ring (bicyclic) bond motifs is 3. The van der Waals surface area contributed by atoms with Crippen molar-refractivity contribution in [3.05, 3.63) is 181 Å². The van der Waals surface area contributed by atoms with Gasteiger partial charge in [0.2, 0.25) is 0 Å². The van der Waals surface area contributed by atoms with Gasteiger partial charge in [-0.2, -0.15) is 0 Å². The Balaban J connectivity index is 1.30. The smallest absolute Gasteiger partial charge is 0.139 e. The van der Waals surface area contributed by atoms with Crippen molar-refractivity contribution in [3.8, 4) is 11.1 Å². The minimum absolute atomic E-state index is 0.619. The van der Waals surface area contributed by atoms with E-state index in [1.54, 1.807) is 0 Å². The van der Waals surface area contributed by atoms with Gasteiger partial charge in [-0.3, -0.25) is 0 Å². The molecule has 0 N–H and O–H groups in total. The fourth-order valence-corrected chi connectivity index (χ4v) is 6.42. The van der Waals surface area contributed by atoms with Crippen LogP contribution in [0.3, 0.4) is 0 Å². The minimum atomic E-state index is 0.619. The van der Waals surface area contributed by atoms with Gasteiger partial charge >= 0.3 is 0 Å². The molecule has 46 heavy (non-hydrogen) atoms. The summed E-state index contributed by atoms with van der Waals surface area (Å²) in [6, 6.07) is 60.8. The van der Waals surface area contributed by atoms with E-state index in [2.05, 4.69) is 149 Å². The van der Waals surface area contributed by atoms with Gasteiger partial charge in [-0.25, -0.2) is 0 Å². The van der Waals surface area contributed by atoms with E-state index >= 15 is 0 Å². The molecule has 0 bridgehead atoms. The van der Waals surface area contributed by atoms with Crippen LogP contribution < -0.4 is 9.80 Å². The van der Waals surface area contributed by atoms with Crippen LogP contribution in [0.4, 0.5) is 34.1 Å². The summed E-state index contributed by atoms with van der Waals surface area (Å²) in [5.41, 5.74) is 10.1. The van der Waals surface area contributed by atoms with Crippen molar-refractivity contribution in [2.24, 2.45) is 0 Å². The molecular formula is C42H29ClN2O. The van der Waals surface area contributed by atoms with E-state index in [0.29, 0.717) is 5.02 Å². The van der Waals surface area contributed by atoms with Crippen LogP contribution in [0.5, 0.6) is 0 Å². The summed E-state index contributed by atoms with van der Waals surface area (Å²) in [5.74, 6) is 0. The average molecular weight is 613 g/mol. The van der Waals surface area contributed by atoms with Gasteiger partial charge in [-0.05, 0) is 90.0 Å². The van der Waals surface area contributed by atoms with Gasteiger partial charge in [-0.1, -0.05) is 103 Å². The summed E-state index contributed by atoms with van der Waals surface area (Å²) in [5, 5.41) is 2.66. The molecule has 8 rings (SSSR count). The van der Waals surface area contributed by atoms with Crippen LogP contribution in [0, 0.1) is 0 Å². The molecule has 0 aliphatic heterocycles. The lowest BCUT2D eigenvalue weighted by atomic mass is 10.0. The Labute approximate surface area is 273 Å². The Morgan fingerprint density at radius 2 is 0.891 bits per heavy atom. The largest absolute Gasteiger partial charge is 0.456 e. The molecule has 0 saturated heterocycles. The number of halogens is 1. The van der Waals surface area contributed by atoms with E-state index in [4.69, 9.17) is 16.0 Å². The highest BCUT2D eigenvalue weighted by atomic mass is 35.5. The van der Waals surface area contributed by atoms with Crippen molar-refractivity contribution < 1.29 is 4.42 Å². The van der Waals surface area contributed by atoms with Crippen molar-refractivity contribution in [2.75, 3.05) is 9.80 Å². The lowest BCUT2D eigenvalue weighted by molar-refractivity contribution is 0.669. The summed E-state index contributed by atoms with van der Waals surface area (Å²) in [6.45, 7) is 0. The molecule has 1 heterocycles. The number of benzene rings is 7. The molecule has 8 aromatic rings. The summed E-state index contributed by atoms with van der Waals surface area (Å²) in [4.78, 5) is 4.53. The van der Waals surface area contributed by atoms with E-state index < -0.39 is 0 Å². The first-order valence-corrected chi connectivity index (χ1v) is 15.7. The zero-order valence-electron chi connectivity index (χ0n) is 24.9. The molecular weight excluding hydrogens is 584 g/mol. The number of furan rings is 1. The standard InChI is InChI=1S/C42H29ClN2O/c43-32-28-39(45(35-19-9-3-10-20-35)36-21-11-4-12-22-36)42-38-27-31(24-25-40(38)46-41(42)29-32)30-14-13-23-37(26-30)44(33-15-5-1-6-16-33)34-17-7-2-8-18-34/h1-29H. The first-order chi connectivity index (χ1) is 22.7. The SMILES string of the molecule is Clc1cc(N(c2ccccc2)c2ccccc2)c2c(c1)oc1ccc(-c3cccc(N(c4ccccc4)c4ccccc4)c3)cc12. The molecule has 0 spiro atoms. The highest BCUT2D eigenvalue weighted by molar-refractivity contribution is 6.32. The summed E-state index contributed by atoms with van der Waals surface area (Å²) >= 11 is 6.75. The summed E-state index contributed by atoms with van der Waals surface area (Å²) < 4.78 is 6.44. The fourth-order valence-electron chi connectivity index (χ4n) is 6.22. The second-order valence-electron chi connectivity index (χ2n) is 11.2. The van der Waals surface area contributed by atoms with Crippen molar-refractivity contribution in [2.45, 2.75) is 0 Å². The number of anilines is 6. The predicted molar refractivity (Wildman–Crippen MR) is 194 cm³/mol. The van der Waals surface area contributed by atoms with Gasteiger partial charge in [-0.15, -0.1) is 0 Å². The van der Waals surface area contributed by atoms with Crippen molar-refractivity contribution in [1.29, 1.82) is 0 Å². The highest BCUT2D eigenvalue weighted by Crippen LogP contribution is 2.45. The van der Waals surface area contributed by atoms with Gasteiger partial charge in [0.05, 0.1) is 11.1 Å². The number of rotatable bonds is 7. The third kappa shape index (κ3) is 5.17. The molecule has 0 amide bonds. The molecule has 7 aromatic carbocycles. The lowest BCUT2D eigenvalue weighted by Crippen LogP contribution is -2.10. The molecule has 0 atom stereocenters. The van der Waals surface area contributed by atoms with Crippen molar-refractivity contribution in [1.82, 2.24) is 0 Å². The number of hydrogen-bond acceptors (Lipinski definition) is 3. The van der Waals surface area contributed by atoms with E-state index in [9.17, 15) is 0 Å². The summed E-state index contributed by atoms with van der Waals surface area (Å²) in [6.07, 6.45) is 0. The van der Waals surface area contributed by atoms with E-state index in [0.717, 1.165) is 67.2 Å². The molecule has 3 nitrogen and oxygen atoms in total. The zero-order valence-corrected chi connectivity index (χ0v) is 25.7. The van der Waals surface area contributed by atoms with Gasteiger partial charge in [0.1, 0.15) is 11.2 Å². The lowest BCUT2D eigenvalue weighted by Gasteiger charge is -2.26. The van der Waals surface area contributed by atoms with Gasteiger partial charge in [0.25, 0.3) is 0 Å². The molecule has 0 radical (unpaired) electrons. The minimum Gasteiger partial charge on any atom is -0.456 e. The Morgan fingerprint density at radius 1 is 0.391 bits per heavy atom. The Bertz CT molecular complexity index is 2190. The van der Waals surface area contributed by atoms with Crippen LogP contribution >= 0.6 is 11.6 Å². The molecule has 0 fully saturated rings. The second kappa shape index (κ2) is 12.0. The highest BCUT2D eigenvalue weighted by Gasteiger charge is 2.21. The first-order valence-electron chi connectivity index (χ1n) is 15.3. The van der Waals surface area contributed by atoms with Crippen LogP contribution in [0.2, 0.25) is 5.02 Å². The van der Waals surface area contributed by atoms with Crippen molar-refractivity contribution >= 4 is 67.7 Å². The van der Waals surface area contributed by atoms with Crippen LogP contribution in [0.1, 0.15) is 0 Å². The van der Waals surface area contributed by atoms with Gasteiger partial charge in [0, 0.05) is 44.9 Å². The van der Waals surface area contributed by atoms with Crippen molar-refractivity contribution in [3.63, 3.8) is 0 Å². The van der Waals surface area contributed by atoms with E-state index in [-0.39, 0.29) is 0 Å². The maximum atomic E-state index is 6.75. The molecule has 0 unspecified atom stereocenters. The Morgan fingerprint density at radius 3 is 1.46 bits per heavy atom. The van der Waals surface area contributed by atoms with Crippen LogP contribution in [0.15, 0.2) is 180 Å². The number of nitrogens with zero attached hydrogens (tertiary/aromatic N) is 2. The molecule has 220 valence electrons.